The molecule has 0 N–H and O–H groups in total. The zero-order valence-electron chi connectivity index (χ0n) is 10.4. The van der Waals surface area contributed by atoms with E-state index in [0.717, 1.165) is 5.56 Å². The third-order valence-corrected chi connectivity index (χ3v) is 3.33. The van der Waals surface area contributed by atoms with Gasteiger partial charge >= 0.3 is 0 Å². The number of nitrogens with zero attached hydrogens (tertiary/aromatic N) is 1. The van der Waals surface area contributed by atoms with Crippen molar-refractivity contribution in [2.45, 2.75) is 6.54 Å². The maximum absolute atomic E-state index is 12.3. The summed E-state index contributed by atoms with van der Waals surface area (Å²) in [4.78, 5) is 13.9. The first-order chi connectivity index (χ1) is 9.08. The van der Waals surface area contributed by atoms with E-state index >= 15 is 0 Å². The highest BCUT2D eigenvalue weighted by molar-refractivity contribution is 6.35. The van der Waals surface area contributed by atoms with Crippen LogP contribution in [0.4, 0.5) is 0 Å². The first-order valence-electron chi connectivity index (χ1n) is 5.82. The highest BCUT2D eigenvalue weighted by atomic mass is 35.5. The summed E-state index contributed by atoms with van der Waals surface area (Å²) in [6.45, 7) is 0.530. The Balaban J connectivity index is 2.17. The second kappa shape index (κ2) is 6.09. The van der Waals surface area contributed by atoms with Crippen molar-refractivity contribution in [3.8, 4) is 0 Å². The summed E-state index contributed by atoms with van der Waals surface area (Å²) >= 11 is 11.9. The predicted octanol–water partition coefficient (Wildman–Crippen LogP) is 4.27. The van der Waals surface area contributed by atoms with Gasteiger partial charge in [-0.25, -0.2) is 0 Å². The summed E-state index contributed by atoms with van der Waals surface area (Å²) in [6.07, 6.45) is 0. The molecule has 0 unspecified atom stereocenters. The molecule has 0 heterocycles. The van der Waals surface area contributed by atoms with Gasteiger partial charge in [-0.3, -0.25) is 4.79 Å². The van der Waals surface area contributed by atoms with Crippen LogP contribution in [0.25, 0.3) is 0 Å². The number of amides is 1. The third kappa shape index (κ3) is 3.49. The SMILES string of the molecule is CN(Cc1ccccc1)C(=O)c1cc(Cl)ccc1Cl. The Labute approximate surface area is 122 Å². The van der Waals surface area contributed by atoms with Crippen molar-refractivity contribution in [1.82, 2.24) is 4.90 Å². The van der Waals surface area contributed by atoms with Crippen LogP contribution in [0.2, 0.25) is 10.0 Å². The van der Waals surface area contributed by atoms with Crippen molar-refractivity contribution in [1.29, 1.82) is 0 Å². The van der Waals surface area contributed by atoms with Gasteiger partial charge in [-0.05, 0) is 23.8 Å². The lowest BCUT2D eigenvalue weighted by atomic mass is 10.1. The molecule has 0 bridgehead atoms. The van der Waals surface area contributed by atoms with Gasteiger partial charge in [-0.15, -0.1) is 0 Å². The Morgan fingerprint density at radius 1 is 1.11 bits per heavy atom. The standard InChI is InChI=1S/C15H13Cl2NO/c1-18(10-11-5-3-2-4-6-11)15(19)13-9-12(16)7-8-14(13)17/h2-9H,10H2,1H3. The molecule has 0 aliphatic carbocycles. The molecule has 2 rings (SSSR count). The van der Waals surface area contributed by atoms with Crippen molar-refractivity contribution >= 4 is 29.1 Å². The summed E-state index contributed by atoms with van der Waals surface area (Å²) in [5, 5.41) is 0.912. The predicted molar refractivity (Wildman–Crippen MR) is 78.7 cm³/mol. The molecule has 0 atom stereocenters. The highest BCUT2D eigenvalue weighted by Crippen LogP contribution is 2.22. The molecule has 0 aromatic heterocycles. The van der Waals surface area contributed by atoms with Crippen LogP contribution in [0, 0.1) is 0 Å². The van der Waals surface area contributed by atoms with E-state index < -0.39 is 0 Å². The number of rotatable bonds is 3. The molecule has 2 aromatic carbocycles. The van der Waals surface area contributed by atoms with Gasteiger partial charge in [0, 0.05) is 18.6 Å². The van der Waals surface area contributed by atoms with Gasteiger partial charge in [-0.2, -0.15) is 0 Å². The topological polar surface area (TPSA) is 20.3 Å². The quantitative estimate of drug-likeness (QED) is 0.828. The first kappa shape index (κ1) is 13.9. The molecule has 0 fully saturated rings. The number of carbonyl (C=O) groups excluding carboxylic acids is 1. The second-order valence-corrected chi connectivity index (χ2v) is 5.11. The van der Waals surface area contributed by atoms with Crippen LogP contribution in [0.5, 0.6) is 0 Å². The molecule has 0 spiro atoms. The van der Waals surface area contributed by atoms with Gasteiger partial charge < -0.3 is 4.90 Å². The zero-order chi connectivity index (χ0) is 13.8. The highest BCUT2D eigenvalue weighted by Gasteiger charge is 2.15. The Kier molecular flexibility index (Phi) is 4.46. The molecule has 98 valence electrons. The van der Waals surface area contributed by atoms with Crippen molar-refractivity contribution in [2.24, 2.45) is 0 Å². The van der Waals surface area contributed by atoms with E-state index in [1.165, 1.54) is 0 Å². The van der Waals surface area contributed by atoms with E-state index in [9.17, 15) is 4.79 Å². The number of hydrogen-bond acceptors (Lipinski definition) is 1. The zero-order valence-corrected chi connectivity index (χ0v) is 11.9. The first-order valence-corrected chi connectivity index (χ1v) is 6.58. The minimum Gasteiger partial charge on any atom is -0.337 e. The van der Waals surface area contributed by atoms with Crippen LogP contribution in [-0.4, -0.2) is 17.9 Å². The minimum atomic E-state index is -0.142. The fourth-order valence-electron chi connectivity index (χ4n) is 1.80. The van der Waals surface area contributed by atoms with E-state index in [0.29, 0.717) is 22.2 Å². The fraction of sp³-hybridized carbons (Fsp3) is 0.133. The van der Waals surface area contributed by atoms with E-state index in [2.05, 4.69) is 0 Å². The van der Waals surface area contributed by atoms with Crippen LogP contribution < -0.4 is 0 Å². The normalized spacial score (nSPS) is 10.3. The van der Waals surface area contributed by atoms with Gasteiger partial charge in [-0.1, -0.05) is 53.5 Å². The number of halogens is 2. The Hall–Kier alpha value is -1.51. The van der Waals surface area contributed by atoms with Crippen molar-refractivity contribution in [2.75, 3.05) is 7.05 Å². The van der Waals surface area contributed by atoms with Crippen LogP contribution in [0.1, 0.15) is 15.9 Å². The minimum absolute atomic E-state index is 0.142. The van der Waals surface area contributed by atoms with Gasteiger partial charge in [0.2, 0.25) is 0 Å². The largest absolute Gasteiger partial charge is 0.337 e. The average molecular weight is 294 g/mol. The molecule has 4 heteroatoms. The lowest BCUT2D eigenvalue weighted by Crippen LogP contribution is -2.26. The van der Waals surface area contributed by atoms with Gasteiger partial charge in [0.05, 0.1) is 10.6 Å². The van der Waals surface area contributed by atoms with E-state index in [4.69, 9.17) is 23.2 Å². The molecule has 0 saturated heterocycles. The van der Waals surface area contributed by atoms with E-state index in [1.807, 2.05) is 30.3 Å². The van der Waals surface area contributed by atoms with Gasteiger partial charge in [0.25, 0.3) is 5.91 Å². The molecule has 0 radical (unpaired) electrons. The summed E-state index contributed by atoms with van der Waals surface area (Å²) in [5.74, 6) is -0.142. The van der Waals surface area contributed by atoms with E-state index in [-0.39, 0.29) is 5.91 Å². The monoisotopic (exact) mass is 293 g/mol. The molecule has 1 amide bonds. The van der Waals surface area contributed by atoms with Crippen LogP contribution >= 0.6 is 23.2 Å². The van der Waals surface area contributed by atoms with Crippen LogP contribution in [-0.2, 0) is 6.54 Å². The lowest BCUT2D eigenvalue weighted by molar-refractivity contribution is 0.0785. The maximum atomic E-state index is 12.3. The Bertz CT molecular complexity index is 584. The lowest BCUT2D eigenvalue weighted by Gasteiger charge is -2.18. The molecule has 0 aliphatic rings. The molecule has 0 aliphatic heterocycles. The van der Waals surface area contributed by atoms with Crippen molar-refractivity contribution in [3.05, 3.63) is 69.7 Å². The molecular formula is C15H13Cl2NO. The molecule has 2 aromatic rings. The average Bonchev–Trinajstić information content (AvgIpc) is 2.42. The number of benzene rings is 2. The van der Waals surface area contributed by atoms with Gasteiger partial charge in [0.15, 0.2) is 0 Å². The molecule has 0 saturated carbocycles. The fourth-order valence-corrected chi connectivity index (χ4v) is 2.17. The van der Waals surface area contributed by atoms with E-state index in [1.54, 1.807) is 30.1 Å². The number of hydrogen-bond donors (Lipinski definition) is 0. The Morgan fingerprint density at radius 2 is 1.79 bits per heavy atom. The molecule has 2 nitrogen and oxygen atoms in total. The van der Waals surface area contributed by atoms with Crippen LogP contribution in [0.15, 0.2) is 48.5 Å². The smallest absolute Gasteiger partial charge is 0.255 e. The second-order valence-electron chi connectivity index (χ2n) is 4.27. The number of carbonyl (C=O) groups is 1. The van der Waals surface area contributed by atoms with Crippen LogP contribution in [0.3, 0.4) is 0 Å². The summed E-state index contributed by atoms with van der Waals surface area (Å²) < 4.78 is 0. The molecule has 19 heavy (non-hydrogen) atoms. The summed E-state index contributed by atoms with van der Waals surface area (Å²) in [5.41, 5.74) is 1.49. The van der Waals surface area contributed by atoms with Gasteiger partial charge in [0.1, 0.15) is 0 Å². The molecular weight excluding hydrogens is 281 g/mol. The summed E-state index contributed by atoms with van der Waals surface area (Å²) in [7, 11) is 1.74. The Morgan fingerprint density at radius 3 is 2.47 bits per heavy atom. The third-order valence-electron chi connectivity index (χ3n) is 2.77. The maximum Gasteiger partial charge on any atom is 0.255 e. The van der Waals surface area contributed by atoms with Crippen molar-refractivity contribution < 1.29 is 4.79 Å². The summed E-state index contributed by atoms with van der Waals surface area (Å²) in [6, 6.07) is 14.7. The van der Waals surface area contributed by atoms with Crippen molar-refractivity contribution in [3.63, 3.8) is 0 Å².